The highest BCUT2D eigenvalue weighted by Gasteiger charge is 2.08. The molecule has 0 spiro atoms. The maximum absolute atomic E-state index is 10.1. The topological polar surface area (TPSA) is 74.8 Å². The molecule has 3 aromatic rings. The van der Waals surface area contributed by atoms with Crippen molar-refractivity contribution in [3.63, 3.8) is 0 Å². The number of phenolic OH excluding ortho intramolecular Hbond substituents is 1. The number of azo groups is 1. The number of anilines is 1. The number of hydrogen-bond acceptors (Lipinski definition) is 4. The van der Waals surface area contributed by atoms with Gasteiger partial charge in [-0.2, -0.15) is 0 Å². The number of phenols is 1. The molecular formula is C16H15N4O+. The summed E-state index contributed by atoms with van der Waals surface area (Å²) >= 11 is 0. The highest BCUT2D eigenvalue weighted by Crippen LogP contribution is 2.37. The van der Waals surface area contributed by atoms with Crippen molar-refractivity contribution < 1.29 is 9.67 Å². The second-order valence-corrected chi connectivity index (χ2v) is 4.80. The Kier molecular flexibility index (Phi) is 3.23. The largest absolute Gasteiger partial charge is 0.507 e. The van der Waals surface area contributed by atoms with E-state index in [-0.39, 0.29) is 5.75 Å². The summed E-state index contributed by atoms with van der Waals surface area (Å²) in [6, 6.07) is 12.5. The summed E-state index contributed by atoms with van der Waals surface area (Å²) in [4.78, 5) is 0. The van der Waals surface area contributed by atoms with E-state index in [0.717, 1.165) is 11.1 Å². The van der Waals surface area contributed by atoms with Crippen LogP contribution in [0, 0.1) is 0 Å². The van der Waals surface area contributed by atoms with Crippen molar-refractivity contribution in [3.05, 3.63) is 54.9 Å². The number of aryl methyl sites for hydroxylation is 1. The molecule has 0 saturated carbocycles. The van der Waals surface area contributed by atoms with Crippen LogP contribution in [-0.4, -0.2) is 5.11 Å². The van der Waals surface area contributed by atoms with E-state index in [4.69, 9.17) is 5.73 Å². The van der Waals surface area contributed by atoms with E-state index in [0.29, 0.717) is 16.8 Å². The van der Waals surface area contributed by atoms with Crippen molar-refractivity contribution in [2.24, 2.45) is 17.3 Å². The van der Waals surface area contributed by atoms with E-state index in [1.165, 1.54) is 0 Å². The number of benzene rings is 2. The van der Waals surface area contributed by atoms with Gasteiger partial charge in [0.25, 0.3) is 0 Å². The molecule has 5 nitrogen and oxygen atoms in total. The van der Waals surface area contributed by atoms with Crippen molar-refractivity contribution in [2.75, 3.05) is 5.73 Å². The molecular weight excluding hydrogens is 264 g/mol. The van der Waals surface area contributed by atoms with E-state index in [1.807, 2.05) is 42.2 Å². The SMILES string of the molecule is C[n+]1cccc(N=Nc2ccc(N)c3cccc(O)c23)c1. The quantitative estimate of drug-likeness (QED) is 0.429. The van der Waals surface area contributed by atoms with Crippen molar-refractivity contribution in [2.45, 2.75) is 0 Å². The van der Waals surface area contributed by atoms with Crippen LogP contribution in [0.3, 0.4) is 0 Å². The summed E-state index contributed by atoms with van der Waals surface area (Å²) in [5.74, 6) is 0.146. The van der Waals surface area contributed by atoms with E-state index >= 15 is 0 Å². The molecule has 0 aliphatic carbocycles. The molecule has 0 unspecified atom stereocenters. The van der Waals surface area contributed by atoms with Crippen molar-refractivity contribution >= 4 is 27.8 Å². The Labute approximate surface area is 122 Å². The molecule has 1 heterocycles. The highest BCUT2D eigenvalue weighted by atomic mass is 16.3. The lowest BCUT2D eigenvalue weighted by Crippen LogP contribution is -2.25. The van der Waals surface area contributed by atoms with Crippen molar-refractivity contribution in [1.82, 2.24) is 0 Å². The molecule has 3 rings (SSSR count). The van der Waals surface area contributed by atoms with Crippen LogP contribution in [0.2, 0.25) is 0 Å². The van der Waals surface area contributed by atoms with Crippen LogP contribution in [0.1, 0.15) is 0 Å². The number of hydrogen-bond donors (Lipinski definition) is 2. The van der Waals surface area contributed by atoms with Crippen LogP contribution in [0.25, 0.3) is 10.8 Å². The molecule has 104 valence electrons. The first-order valence-electron chi connectivity index (χ1n) is 6.52. The first-order valence-corrected chi connectivity index (χ1v) is 6.52. The van der Waals surface area contributed by atoms with Gasteiger partial charge in [0.1, 0.15) is 18.5 Å². The predicted molar refractivity (Wildman–Crippen MR) is 81.8 cm³/mol. The third kappa shape index (κ3) is 2.53. The lowest BCUT2D eigenvalue weighted by Gasteiger charge is -2.06. The third-order valence-electron chi connectivity index (χ3n) is 3.23. The molecule has 0 atom stereocenters. The number of rotatable bonds is 2. The van der Waals surface area contributed by atoms with E-state index in [9.17, 15) is 5.11 Å². The summed E-state index contributed by atoms with van der Waals surface area (Å²) in [5, 5.41) is 19.9. The first-order chi connectivity index (χ1) is 10.1. The summed E-state index contributed by atoms with van der Waals surface area (Å²) in [6.07, 6.45) is 3.78. The Balaban J connectivity index is 2.11. The maximum Gasteiger partial charge on any atom is 0.196 e. The predicted octanol–water partition coefficient (Wildman–Crippen LogP) is 3.37. The Morgan fingerprint density at radius 3 is 2.71 bits per heavy atom. The zero-order chi connectivity index (χ0) is 14.8. The standard InChI is InChI=1S/C16H14N4O/c1-20-9-3-4-11(10-20)18-19-14-8-7-13(17)12-5-2-6-15(21)16(12)14/h2-10H,1H3,(H2-,17,18,19,21)/p+1. The number of nitrogen functional groups attached to an aromatic ring is 1. The molecule has 1 aromatic heterocycles. The zero-order valence-corrected chi connectivity index (χ0v) is 11.6. The van der Waals surface area contributed by atoms with Crippen LogP contribution >= 0.6 is 0 Å². The fourth-order valence-corrected chi connectivity index (χ4v) is 2.22. The van der Waals surface area contributed by atoms with Gasteiger partial charge in [0.15, 0.2) is 12.4 Å². The van der Waals surface area contributed by atoms with Gasteiger partial charge in [-0.05, 0) is 24.3 Å². The van der Waals surface area contributed by atoms with E-state index in [1.54, 1.807) is 24.3 Å². The third-order valence-corrected chi connectivity index (χ3v) is 3.23. The maximum atomic E-state index is 10.1. The average Bonchev–Trinajstić information content (AvgIpc) is 2.47. The molecule has 0 saturated heterocycles. The van der Waals surface area contributed by atoms with Crippen molar-refractivity contribution in [1.29, 1.82) is 0 Å². The van der Waals surface area contributed by atoms with Gasteiger partial charge in [-0.25, -0.2) is 4.57 Å². The molecule has 0 bridgehead atoms. The van der Waals surface area contributed by atoms with Gasteiger partial charge >= 0.3 is 0 Å². The molecule has 0 aliphatic rings. The highest BCUT2D eigenvalue weighted by molar-refractivity contribution is 6.03. The van der Waals surface area contributed by atoms with E-state index < -0.39 is 0 Å². The first kappa shape index (κ1) is 13.1. The van der Waals surface area contributed by atoms with Gasteiger partial charge in [0, 0.05) is 17.1 Å². The number of pyridine rings is 1. The summed E-state index contributed by atoms with van der Waals surface area (Å²) in [5.41, 5.74) is 7.86. The minimum absolute atomic E-state index is 0.146. The smallest absolute Gasteiger partial charge is 0.196 e. The normalized spacial score (nSPS) is 11.3. The van der Waals surface area contributed by atoms with E-state index in [2.05, 4.69) is 10.2 Å². The van der Waals surface area contributed by atoms with Crippen LogP contribution in [0.4, 0.5) is 17.1 Å². The molecule has 2 aromatic carbocycles. The van der Waals surface area contributed by atoms with Crippen molar-refractivity contribution in [3.8, 4) is 5.75 Å². The molecule has 0 amide bonds. The molecule has 3 N–H and O–H groups in total. The van der Waals surface area contributed by atoms with Gasteiger partial charge < -0.3 is 10.8 Å². The Morgan fingerprint density at radius 1 is 1.05 bits per heavy atom. The summed E-state index contributed by atoms with van der Waals surface area (Å²) in [6.45, 7) is 0. The molecule has 0 fully saturated rings. The van der Waals surface area contributed by atoms with Gasteiger partial charge in [-0.3, -0.25) is 0 Å². The minimum atomic E-state index is 0.146. The lowest BCUT2D eigenvalue weighted by molar-refractivity contribution is -0.670. The number of fused-ring (bicyclic) bond motifs is 1. The fourth-order valence-electron chi connectivity index (χ4n) is 2.22. The summed E-state index contributed by atoms with van der Waals surface area (Å²) in [7, 11) is 1.92. The Bertz CT molecular complexity index is 843. The van der Waals surface area contributed by atoms with Crippen LogP contribution in [-0.2, 0) is 7.05 Å². The molecule has 0 aliphatic heterocycles. The second kappa shape index (κ2) is 5.20. The zero-order valence-electron chi connectivity index (χ0n) is 11.6. The van der Waals surface area contributed by atoms with Crippen LogP contribution < -0.4 is 10.3 Å². The fraction of sp³-hybridized carbons (Fsp3) is 0.0625. The monoisotopic (exact) mass is 279 g/mol. The Morgan fingerprint density at radius 2 is 1.90 bits per heavy atom. The average molecular weight is 279 g/mol. The van der Waals surface area contributed by atoms with Gasteiger partial charge in [-0.15, -0.1) is 10.2 Å². The number of aromatic hydroxyl groups is 1. The van der Waals surface area contributed by atoms with Gasteiger partial charge in [0.05, 0.1) is 11.1 Å². The number of aromatic nitrogens is 1. The summed E-state index contributed by atoms with van der Waals surface area (Å²) < 4.78 is 1.90. The van der Waals surface area contributed by atoms with Crippen LogP contribution in [0.5, 0.6) is 5.75 Å². The lowest BCUT2D eigenvalue weighted by atomic mass is 10.1. The molecule has 21 heavy (non-hydrogen) atoms. The molecule has 5 heteroatoms. The Hall–Kier alpha value is -2.95. The van der Waals surface area contributed by atoms with Crippen LogP contribution in [0.15, 0.2) is 65.1 Å². The molecule has 0 radical (unpaired) electrons. The number of nitrogens with zero attached hydrogens (tertiary/aromatic N) is 3. The number of nitrogens with two attached hydrogens (primary N) is 1. The van der Waals surface area contributed by atoms with Gasteiger partial charge in [0.2, 0.25) is 0 Å². The minimum Gasteiger partial charge on any atom is -0.507 e. The second-order valence-electron chi connectivity index (χ2n) is 4.80. The van der Waals surface area contributed by atoms with Gasteiger partial charge in [-0.1, -0.05) is 12.1 Å².